The van der Waals surface area contributed by atoms with E-state index < -0.39 is 32.0 Å². The number of carbonyl (C=O) groups excluding carboxylic acids is 1. The van der Waals surface area contributed by atoms with E-state index in [9.17, 15) is 26.7 Å². The van der Waals surface area contributed by atoms with Crippen LogP contribution in [0.4, 0.5) is 5.69 Å². The van der Waals surface area contributed by atoms with Gasteiger partial charge in [-0.3, -0.25) is 9.35 Å². The van der Waals surface area contributed by atoms with Gasteiger partial charge < -0.3 is 15.3 Å². The molecule has 278 valence electrons. The molecule has 0 radical (unpaired) electrons. The molecule has 6 rings (SSSR count). The Hall–Kier alpha value is -2.25. The predicted octanol–water partition coefficient (Wildman–Crippen LogP) is 5.60. The molecule has 0 unspecified atom stereocenters. The number of sulfonamides is 1. The summed E-state index contributed by atoms with van der Waals surface area (Å²) in [6.07, 6.45) is 8.09. The lowest BCUT2D eigenvalue weighted by Crippen LogP contribution is -2.59. The summed E-state index contributed by atoms with van der Waals surface area (Å²) < 4.78 is 61.8. The second-order valence-corrected chi connectivity index (χ2v) is 20.0. The minimum absolute atomic E-state index is 0.0526. The number of rotatable bonds is 11. The molecular formula is C38H57N3O7S2. The number of benzene rings is 2. The molecule has 0 bridgehead atoms. The predicted molar refractivity (Wildman–Crippen MR) is 197 cm³/mol. The van der Waals surface area contributed by atoms with Gasteiger partial charge in [0.05, 0.1) is 16.8 Å². The fourth-order valence-electron chi connectivity index (χ4n) is 11.4. The van der Waals surface area contributed by atoms with Gasteiger partial charge >= 0.3 is 0 Å². The van der Waals surface area contributed by atoms with E-state index in [2.05, 4.69) is 30.8 Å². The van der Waals surface area contributed by atoms with Gasteiger partial charge in [0.1, 0.15) is 0 Å². The van der Waals surface area contributed by atoms with Gasteiger partial charge in [-0.15, -0.1) is 0 Å². The van der Waals surface area contributed by atoms with Crippen molar-refractivity contribution in [1.82, 2.24) is 10.0 Å². The van der Waals surface area contributed by atoms with E-state index in [-0.39, 0.29) is 41.2 Å². The van der Waals surface area contributed by atoms with Crippen molar-refractivity contribution in [2.24, 2.45) is 46.3 Å². The van der Waals surface area contributed by atoms with Gasteiger partial charge in [0.25, 0.3) is 10.1 Å². The number of fused-ring (bicyclic) bond motifs is 6. The summed E-state index contributed by atoms with van der Waals surface area (Å²) >= 11 is 0. The first kappa shape index (κ1) is 37.5. The molecule has 50 heavy (non-hydrogen) atoms. The zero-order valence-electron chi connectivity index (χ0n) is 30.3. The maximum Gasteiger partial charge on any atom is 0.266 e. The molecular weight excluding hydrogens is 675 g/mol. The van der Waals surface area contributed by atoms with Crippen molar-refractivity contribution in [1.29, 1.82) is 0 Å². The maximum absolute atomic E-state index is 13.9. The van der Waals surface area contributed by atoms with E-state index in [0.29, 0.717) is 47.8 Å². The first-order chi connectivity index (χ1) is 23.4. The molecule has 1 amide bonds. The Morgan fingerprint density at radius 3 is 2.34 bits per heavy atom. The Morgan fingerprint density at radius 2 is 1.62 bits per heavy atom. The zero-order chi connectivity index (χ0) is 36.2. The third-order valence-corrected chi connectivity index (χ3v) is 16.2. The number of carbonyl (C=O) groups is 1. The molecule has 4 fully saturated rings. The molecule has 2 aromatic rings. The molecule has 0 heterocycles. The van der Waals surface area contributed by atoms with E-state index in [1.807, 2.05) is 49.3 Å². The Balaban J connectivity index is 1.11. The van der Waals surface area contributed by atoms with Crippen molar-refractivity contribution in [2.75, 3.05) is 31.3 Å². The van der Waals surface area contributed by atoms with Crippen LogP contribution in [0.2, 0.25) is 0 Å². The zero-order valence-corrected chi connectivity index (χ0v) is 31.9. The standard InChI is InChI=1S/C38H57N3O7S2/c1-24(12-15-35(43)39-20-21-49(44,45)46)29-13-14-30-36-31(17-19-38(29,30)3)37(2)18-16-26(22-25(37)23-33(36)42)40-50(47,48)34-11-7-8-27-28(34)9-6-10-32(27)41(4)5/h6-11,24-26,29-31,33,36,40,42H,12-23H2,1-5H3,(H,39,43)(H,44,45,46)/t24-,25+,26-,29-,30+,31+,33+,36+,37+,38-/m1/s1. The third kappa shape index (κ3) is 7.08. The lowest BCUT2D eigenvalue weighted by molar-refractivity contribution is -0.166. The Labute approximate surface area is 299 Å². The summed E-state index contributed by atoms with van der Waals surface area (Å²) in [5.74, 6) is 1.37. The number of amides is 1. The van der Waals surface area contributed by atoms with E-state index in [0.717, 1.165) is 61.4 Å². The van der Waals surface area contributed by atoms with E-state index in [4.69, 9.17) is 4.55 Å². The highest BCUT2D eigenvalue weighted by atomic mass is 32.2. The fraction of sp³-hybridized carbons (Fsp3) is 0.711. The maximum atomic E-state index is 13.9. The largest absolute Gasteiger partial charge is 0.393 e. The van der Waals surface area contributed by atoms with Gasteiger partial charge in [0.15, 0.2) is 0 Å². The van der Waals surface area contributed by atoms with Crippen LogP contribution in [0.3, 0.4) is 0 Å². The molecule has 4 aliphatic carbocycles. The van der Waals surface area contributed by atoms with E-state index >= 15 is 0 Å². The number of aliphatic hydroxyl groups is 1. The molecule has 0 spiro atoms. The van der Waals surface area contributed by atoms with Crippen molar-refractivity contribution in [3.63, 3.8) is 0 Å². The number of hydrogen-bond acceptors (Lipinski definition) is 7. The van der Waals surface area contributed by atoms with E-state index in [1.54, 1.807) is 6.07 Å². The van der Waals surface area contributed by atoms with Crippen LogP contribution in [-0.4, -0.2) is 70.9 Å². The molecule has 0 aromatic heterocycles. The van der Waals surface area contributed by atoms with Crippen LogP contribution in [-0.2, 0) is 24.9 Å². The molecule has 0 aliphatic heterocycles. The molecule has 10 nitrogen and oxygen atoms in total. The minimum Gasteiger partial charge on any atom is -0.393 e. The SMILES string of the molecule is C[C@H](CCC(=O)NCCS(=O)(=O)O)[C@H]1CC[C@H]2[C@@H]3[C@@H](O)C[C@@H]4C[C@H](NS(=O)(=O)c5cccc6c(N(C)C)cccc56)CC[C@]4(C)[C@H]3CC[C@]12C. The Bertz CT molecular complexity index is 1800. The quantitative estimate of drug-likeness (QED) is 0.218. The van der Waals surface area contributed by atoms with E-state index in [1.165, 1.54) is 0 Å². The summed E-state index contributed by atoms with van der Waals surface area (Å²) in [5, 5.41) is 16.1. The summed E-state index contributed by atoms with van der Waals surface area (Å²) in [4.78, 5) is 14.7. The lowest BCUT2D eigenvalue weighted by atomic mass is 9.43. The van der Waals surface area contributed by atoms with Crippen molar-refractivity contribution in [3.8, 4) is 0 Å². The summed E-state index contributed by atoms with van der Waals surface area (Å²) in [5.41, 5.74) is 1.12. The molecule has 10 atom stereocenters. The highest BCUT2D eigenvalue weighted by Crippen LogP contribution is 2.68. The Kier molecular flexibility index (Phi) is 10.5. The first-order valence-electron chi connectivity index (χ1n) is 18.6. The van der Waals surface area contributed by atoms with Crippen molar-refractivity contribution >= 4 is 42.5 Å². The van der Waals surface area contributed by atoms with Gasteiger partial charge in [0.2, 0.25) is 15.9 Å². The summed E-state index contributed by atoms with van der Waals surface area (Å²) in [6.45, 7) is 6.96. The van der Waals surface area contributed by atoms with Gasteiger partial charge in [-0.2, -0.15) is 8.42 Å². The molecule has 0 saturated heterocycles. The van der Waals surface area contributed by atoms with Crippen LogP contribution < -0.4 is 14.9 Å². The topological polar surface area (TPSA) is 153 Å². The normalized spacial score (nSPS) is 34.7. The van der Waals surface area contributed by atoms with Crippen LogP contribution >= 0.6 is 0 Å². The van der Waals surface area contributed by atoms with Crippen molar-refractivity contribution in [3.05, 3.63) is 36.4 Å². The van der Waals surface area contributed by atoms with Crippen LogP contribution in [0.25, 0.3) is 10.8 Å². The molecule has 12 heteroatoms. The fourth-order valence-corrected chi connectivity index (χ4v) is 13.3. The number of nitrogens with zero attached hydrogens (tertiary/aromatic N) is 1. The smallest absolute Gasteiger partial charge is 0.266 e. The number of nitrogens with one attached hydrogen (secondary N) is 2. The monoisotopic (exact) mass is 731 g/mol. The number of aliphatic hydroxyl groups excluding tert-OH is 1. The van der Waals surface area contributed by atoms with Gasteiger partial charge in [-0.1, -0.05) is 45.0 Å². The van der Waals surface area contributed by atoms with Crippen LogP contribution in [0.1, 0.15) is 85.0 Å². The average Bonchev–Trinajstić information content (AvgIpc) is 3.40. The van der Waals surface area contributed by atoms with Gasteiger partial charge in [0, 0.05) is 49.6 Å². The second kappa shape index (κ2) is 14.0. The molecule has 2 aromatic carbocycles. The lowest BCUT2D eigenvalue weighted by Gasteiger charge is -2.62. The third-order valence-electron chi connectivity index (χ3n) is 13.9. The number of anilines is 1. The Morgan fingerprint density at radius 1 is 0.940 bits per heavy atom. The van der Waals surface area contributed by atoms with Crippen molar-refractivity contribution in [2.45, 2.75) is 102 Å². The summed E-state index contributed by atoms with van der Waals surface area (Å²) in [6, 6.07) is 11.1. The molecule has 4 saturated carbocycles. The summed E-state index contributed by atoms with van der Waals surface area (Å²) in [7, 11) is -3.96. The van der Waals surface area contributed by atoms with Crippen LogP contribution in [0.5, 0.6) is 0 Å². The second-order valence-electron chi connectivity index (χ2n) is 16.8. The highest BCUT2D eigenvalue weighted by Gasteiger charge is 2.63. The number of hydrogen-bond donors (Lipinski definition) is 4. The molecule has 4 N–H and O–H groups in total. The highest BCUT2D eigenvalue weighted by molar-refractivity contribution is 7.89. The minimum atomic E-state index is -4.11. The first-order valence-corrected chi connectivity index (χ1v) is 21.6. The van der Waals surface area contributed by atoms with Gasteiger partial charge in [-0.05, 0) is 116 Å². The van der Waals surface area contributed by atoms with Crippen molar-refractivity contribution < 1.29 is 31.3 Å². The van der Waals surface area contributed by atoms with Crippen LogP contribution in [0, 0.1) is 46.3 Å². The van der Waals surface area contributed by atoms with Crippen LogP contribution in [0.15, 0.2) is 41.3 Å². The molecule has 4 aliphatic rings. The average molecular weight is 732 g/mol. The van der Waals surface area contributed by atoms with Gasteiger partial charge in [-0.25, -0.2) is 13.1 Å².